The number of carbonyl (C=O) groups excluding carboxylic acids is 4. The van der Waals surface area contributed by atoms with Crippen molar-refractivity contribution in [3.8, 4) is 11.5 Å². The van der Waals surface area contributed by atoms with Crippen LogP contribution in [0.4, 0.5) is 0 Å². The van der Waals surface area contributed by atoms with Gasteiger partial charge < -0.3 is 55.0 Å². The zero-order valence-corrected chi connectivity index (χ0v) is 27.6. The summed E-state index contributed by atoms with van der Waals surface area (Å²) in [5.41, 5.74) is -9.87. The third-order valence-electron chi connectivity index (χ3n) is 10.4. The molecule has 0 spiro atoms. The Bertz CT molecular complexity index is 1920. The van der Waals surface area contributed by atoms with Gasteiger partial charge in [-0.15, -0.1) is 0 Å². The van der Waals surface area contributed by atoms with Crippen molar-refractivity contribution in [3.05, 3.63) is 56.6 Å². The molecule has 1 fully saturated rings. The molecule has 4 aliphatic rings. The Hall–Kier alpha value is -4.42. The molecule has 8 atom stereocenters. The van der Waals surface area contributed by atoms with Gasteiger partial charge in [0.05, 0.1) is 49.2 Å². The van der Waals surface area contributed by atoms with Crippen LogP contribution < -0.4 is 0 Å². The quantitative estimate of drug-likeness (QED) is 0.201. The number of phenolic OH excluding ortho intramolecular Hbond substituents is 2. The van der Waals surface area contributed by atoms with Crippen molar-refractivity contribution >= 4 is 34.7 Å². The van der Waals surface area contributed by atoms with Crippen LogP contribution in [-0.2, 0) is 31.0 Å². The van der Waals surface area contributed by atoms with Crippen molar-refractivity contribution in [1.82, 2.24) is 0 Å². The number of aryl methyl sites for hydroxylation is 1. The van der Waals surface area contributed by atoms with Gasteiger partial charge in [-0.05, 0) is 31.0 Å². The summed E-state index contributed by atoms with van der Waals surface area (Å²) in [5, 5.41) is 76.4. The molecule has 266 valence electrons. The second-order valence-corrected chi connectivity index (χ2v) is 12.9. The Morgan fingerprint density at radius 3 is 2.34 bits per heavy atom. The number of hydrogen-bond acceptors (Lipinski definition) is 16. The fourth-order valence-corrected chi connectivity index (χ4v) is 7.98. The number of ether oxygens (including phenoxy) is 4. The minimum atomic E-state index is -3.21. The highest BCUT2D eigenvalue weighted by Crippen LogP contribution is 2.56. The molecule has 6 rings (SSSR count). The molecule has 0 aromatic heterocycles. The summed E-state index contributed by atoms with van der Waals surface area (Å²) in [6.45, 7) is 2.45. The van der Waals surface area contributed by atoms with Crippen LogP contribution in [0.1, 0.15) is 77.0 Å². The molecule has 16 nitrogen and oxygen atoms in total. The topological polar surface area (TPSA) is 263 Å². The van der Waals surface area contributed by atoms with E-state index in [9.17, 15) is 49.8 Å². The number of ketones is 3. The van der Waals surface area contributed by atoms with Crippen LogP contribution in [0.2, 0.25) is 0 Å². The van der Waals surface area contributed by atoms with Crippen LogP contribution in [0.5, 0.6) is 11.5 Å². The number of aliphatic hydroxyl groups excluding tert-OH is 3. The average Bonchev–Trinajstić information content (AvgIpc) is 3.05. The van der Waals surface area contributed by atoms with Gasteiger partial charge in [-0.1, -0.05) is 6.07 Å². The van der Waals surface area contributed by atoms with Crippen LogP contribution in [0, 0.1) is 18.3 Å². The SMILES string of the molecule is COC(=O)c1c(C)cc2c(c1O)[C@]1(O)C(=O)c3cc4c(c(O)c3C(=O)[C@]1(OC)[C@H](O)C2)C(=N)CC(=N[C@H]1O[C@@H](C)[C@H](OC)[C@@H](O)[C@H]1CO)C4=O. The van der Waals surface area contributed by atoms with Gasteiger partial charge in [0.2, 0.25) is 17.3 Å². The molecule has 50 heavy (non-hydrogen) atoms. The predicted octanol–water partition coefficient (Wildman–Crippen LogP) is -0.114. The maximum absolute atomic E-state index is 14.6. The van der Waals surface area contributed by atoms with E-state index in [0.717, 1.165) is 20.3 Å². The van der Waals surface area contributed by atoms with Gasteiger partial charge >= 0.3 is 5.97 Å². The number of hydrogen-bond donors (Lipinski definition) is 7. The summed E-state index contributed by atoms with van der Waals surface area (Å²) in [6, 6.07) is 2.25. The van der Waals surface area contributed by atoms with E-state index in [1.54, 1.807) is 6.92 Å². The molecule has 2 aromatic carbocycles. The largest absolute Gasteiger partial charge is 0.507 e. The second-order valence-electron chi connectivity index (χ2n) is 12.9. The molecule has 7 N–H and O–H groups in total. The minimum absolute atomic E-state index is 0.00688. The number of phenols is 2. The summed E-state index contributed by atoms with van der Waals surface area (Å²) >= 11 is 0. The van der Waals surface area contributed by atoms with E-state index in [1.165, 1.54) is 20.1 Å². The standard InChI is InChI=1S/C34H36N2O14/c1-11-6-13-7-19(38)34(49-5)30(44)22-15(29(43)33(34,46)23(13)27(42)20(11)32(45)48-4)8-14-21(26(22)41)17(35)9-18(24(14)39)36-31-16(10-37)25(40)28(47-3)12(2)50-31/h6,8,12,16,19,25,28,31,35,37-38,40-42,46H,7,9-10H2,1-5H3/t12-,16+,19+,25-,28-,31-,33-,34+/m0/s1. The van der Waals surface area contributed by atoms with Gasteiger partial charge in [0.25, 0.3) is 0 Å². The molecule has 1 saturated heterocycles. The number of nitrogens with zero attached hydrogens (tertiary/aromatic N) is 1. The third-order valence-corrected chi connectivity index (χ3v) is 10.4. The lowest BCUT2D eigenvalue weighted by atomic mass is 9.56. The fraction of sp³-hybridized carbons (Fsp3) is 0.471. The summed E-state index contributed by atoms with van der Waals surface area (Å²) in [4.78, 5) is 60.0. The highest BCUT2D eigenvalue weighted by molar-refractivity contribution is 6.53. The van der Waals surface area contributed by atoms with E-state index < -0.39 is 141 Å². The number of esters is 1. The highest BCUT2D eigenvalue weighted by Gasteiger charge is 2.72. The maximum atomic E-state index is 14.6. The first kappa shape index (κ1) is 35.4. The Morgan fingerprint density at radius 2 is 1.74 bits per heavy atom. The summed E-state index contributed by atoms with van der Waals surface area (Å²) in [5.74, 6) is -7.46. The van der Waals surface area contributed by atoms with Gasteiger partial charge in [0.15, 0.2) is 17.4 Å². The predicted molar refractivity (Wildman–Crippen MR) is 169 cm³/mol. The number of nitrogens with one attached hydrogen (secondary N) is 1. The molecule has 0 radical (unpaired) electrons. The lowest BCUT2D eigenvalue weighted by Crippen LogP contribution is -2.73. The number of aromatic hydroxyl groups is 2. The van der Waals surface area contributed by atoms with E-state index in [0.29, 0.717) is 0 Å². The molecule has 0 amide bonds. The lowest BCUT2D eigenvalue weighted by Gasteiger charge is -2.53. The number of aliphatic imine (C=N–C) groups is 1. The van der Waals surface area contributed by atoms with Crippen LogP contribution in [-0.4, -0.2) is 130 Å². The molecule has 0 saturated carbocycles. The molecule has 1 heterocycles. The Labute approximate surface area is 284 Å². The number of Topliss-reactive ketones (excluding diaryl/α,β-unsaturated/α-hetero) is 3. The van der Waals surface area contributed by atoms with Crippen molar-refractivity contribution in [2.24, 2.45) is 10.9 Å². The number of methoxy groups -OCH3 is 3. The number of fused-ring (bicyclic) bond motifs is 5. The maximum Gasteiger partial charge on any atom is 0.341 e. The molecule has 0 bridgehead atoms. The van der Waals surface area contributed by atoms with Gasteiger partial charge in [-0.2, -0.15) is 0 Å². The normalized spacial score (nSPS) is 32.7. The zero-order valence-electron chi connectivity index (χ0n) is 27.6. The van der Waals surface area contributed by atoms with E-state index in [2.05, 4.69) is 4.99 Å². The first-order chi connectivity index (χ1) is 23.6. The Balaban J connectivity index is 1.55. The number of aliphatic hydroxyl groups is 4. The van der Waals surface area contributed by atoms with Crippen molar-refractivity contribution in [2.45, 2.75) is 68.5 Å². The van der Waals surface area contributed by atoms with E-state index in [1.807, 2.05) is 0 Å². The highest BCUT2D eigenvalue weighted by atomic mass is 16.6. The summed E-state index contributed by atoms with van der Waals surface area (Å²) in [6.07, 6.45) is -6.86. The van der Waals surface area contributed by atoms with E-state index in [-0.39, 0.29) is 16.8 Å². The lowest BCUT2D eigenvalue weighted by molar-refractivity contribution is -0.206. The van der Waals surface area contributed by atoms with Crippen molar-refractivity contribution in [3.63, 3.8) is 0 Å². The molecule has 1 aliphatic heterocycles. The van der Waals surface area contributed by atoms with Crippen molar-refractivity contribution in [2.75, 3.05) is 27.9 Å². The third kappa shape index (κ3) is 4.43. The molecular formula is C34H36N2O14. The first-order valence-electron chi connectivity index (χ1n) is 15.6. The molecule has 16 heteroatoms. The number of carbonyl (C=O) groups is 4. The average molecular weight is 697 g/mol. The van der Waals surface area contributed by atoms with Crippen LogP contribution in [0.15, 0.2) is 17.1 Å². The second kappa shape index (κ2) is 12.1. The number of benzene rings is 2. The van der Waals surface area contributed by atoms with E-state index in [4.69, 9.17) is 24.4 Å². The molecule has 3 aliphatic carbocycles. The number of rotatable bonds is 5. The molecular weight excluding hydrogens is 660 g/mol. The summed E-state index contributed by atoms with van der Waals surface area (Å²) < 4.78 is 21.4. The van der Waals surface area contributed by atoms with E-state index >= 15 is 0 Å². The van der Waals surface area contributed by atoms with Gasteiger partial charge in [0, 0.05) is 55.0 Å². The van der Waals surface area contributed by atoms with Crippen molar-refractivity contribution in [1.29, 1.82) is 5.41 Å². The van der Waals surface area contributed by atoms with Gasteiger partial charge in [-0.25, -0.2) is 4.79 Å². The van der Waals surface area contributed by atoms with Gasteiger partial charge in [0.1, 0.15) is 23.2 Å². The monoisotopic (exact) mass is 696 g/mol. The van der Waals surface area contributed by atoms with Crippen LogP contribution in [0.3, 0.4) is 0 Å². The smallest absolute Gasteiger partial charge is 0.341 e. The van der Waals surface area contributed by atoms with Crippen molar-refractivity contribution < 1.29 is 68.8 Å². The summed E-state index contributed by atoms with van der Waals surface area (Å²) in [7, 11) is 3.34. The molecule has 2 aromatic rings. The first-order valence-corrected chi connectivity index (χ1v) is 15.6. The van der Waals surface area contributed by atoms with Gasteiger partial charge in [-0.3, -0.25) is 19.4 Å². The Kier molecular flexibility index (Phi) is 8.58. The van der Waals surface area contributed by atoms with Crippen LogP contribution >= 0.6 is 0 Å². The fourth-order valence-electron chi connectivity index (χ4n) is 7.98. The zero-order chi connectivity index (χ0) is 36.8. The Morgan fingerprint density at radius 1 is 1.06 bits per heavy atom. The molecule has 0 unspecified atom stereocenters. The minimum Gasteiger partial charge on any atom is -0.507 e. The van der Waals surface area contributed by atoms with Crippen LogP contribution in [0.25, 0.3) is 0 Å².